The van der Waals surface area contributed by atoms with Crippen LogP contribution < -0.4 is 5.32 Å². The van der Waals surface area contributed by atoms with E-state index in [9.17, 15) is 0 Å². The summed E-state index contributed by atoms with van der Waals surface area (Å²) in [5.74, 6) is 0.814. The van der Waals surface area contributed by atoms with Gasteiger partial charge in [0, 0.05) is 6.54 Å². The van der Waals surface area contributed by atoms with Crippen molar-refractivity contribution in [1.82, 2.24) is 5.32 Å². The largest absolute Gasteiger partial charge is 0.313 e. The van der Waals surface area contributed by atoms with Crippen LogP contribution in [0.2, 0.25) is 0 Å². The molecule has 1 N–H and O–H groups in total. The van der Waals surface area contributed by atoms with Crippen LogP contribution in [-0.2, 0) is 0 Å². The Morgan fingerprint density at radius 3 is 2.00 bits per heavy atom. The summed E-state index contributed by atoms with van der Waals surface area (Å²) in [5, 5.41) is 3.37. The number of nitrogens with one attached hydrogen (secondary N) is 1. The molecule has 0 heterocycles. The molecule has 1 heteroatoms. The lowest BCUT2D eigenvalue weighted by atomic mass is 10.1. The Kier molecular flexibility index (Phi) is 14.4. The van der Waals surface area contributed by atoms with Gasteiger partial charge in [-0.3, -0.25) is 0 Å². The van der Waals surface area contributed by atoms with Crippen molar-refractivity contribution in [3.8, 4) is 0 Å². The van der Waals surface area contributed by atoms with Gasteiger partial charge >= 0.3 is 0 Å². The first-order chi connectivity index (χ1) is 7.90. The fraction of sp³-hybridized carbons (Fsp3) is 0.625. The molecule has 0 aliphatic rings. The second kappa shape index (κ2) is 13.2. The molecule has 0 aromatic heterocycles. The molecule has 0 aromatic rings. The minimum Gasteiger partial charge on any atom is -0.313 e. The summed E-state index contributed by atoms with van der Waals surface area (Å²) in [7, 11) is 0. The second-order valence-electron chi connectivity index (χ2n) is 5.15. The third kappa shape index (κ3) is 25.4. The highest BCUT2D eigenvalue weighted by Crippen LogP contribution is 1.96. The van der Waals surface area contributed by atoms with Crippen molar-refractivity contribution in [3.63, 3.8) is 0 Å². The monoisotopic (exact) mass is 237 g/mol. The zero-order chi connectivity index (χ0) is 13.7. The summed E-state index contributed by atoms with van der Waals surface area (Å²) in [4.78, 5) is 0. The van der Waals surface area contributed by atoms with Gasteiger partial charge in [-0.2, -0.15) is 0 Å². The van der Waals surface area contributed by atoms with Gasteiger partial charge in [0.05, 0.1) is 0 Å². The molecule has 0 bridgehead atoms. The third-order valence-corrected chi connectivity index (χ3v) is 2.00. The molecule has 0 saturated carbocycles. The van der Waals surface area contributed by atoms with Crippen molar-refractivity contribution in [3.05, 3.63) is 36.0 Å². The van der Waals surface area contributed by atoms with Gasteiger partial charge in [-0.25, -0.2) is 0 Å². The molecule has 100 valence electrons. The predicted molar refractivity (Wildman–Crippen MR) is 81.4 cm³/mol. The van der Waals surface area contributed by atoms with Gasteiger partial charge in [0.1, 0.15) is 0 Å². The van der Waals surface area contributed by atoms with Crippen LogP contribution in [0.5, 0.6) is 0 Å². The number of rotatable bonds is 6. The molecular formula is C16H31N. The molecule has 0 atom stereocenters. The quantitative estimate of drug-likeness (QED) is 0.400. The standard InChI is InChI=1S/C10H21N.C6H10/c1-9(2)5-7-11-8-6-10(3)4;1-4-5-6(2)3/h5,10-11H,6-8H2,1-4H3;4-5H,1H2,2-3H3. The molecule has 0 aromatic carbocycles. The highest BCUT2D eigenvalue weighted by molar-refractivity contribution is 5.04. The van der Waals surface area contributed by atoms with E-state index < -0.39 is 0 Å². The molecule has 0 saturated heterocycles. The average molecular weight is 237 g/mol. The Labute approximate surface area is 109 Å². The van der Waals surface area contributed by atoms with Gasteiger partial charge in [-0.05, 0) is 46.6 Å². The van der Waals surface area contributed by atoms with E-state index in [1.54, 1.807) is 6.08 Å². The van der Waals surface area contributed by atoms with E-state index in [0.717, 1.165) is 19.0 Å². The molecule has 0 aliphatic heterocycles. The Hall–Kier alpha value is -0.820. The van der Waals surface area contributed by atoms with E-state index >= 15 is 0 Å². The van der Waals surface area contributed by atoms with E-state index in [2.05, 4.69) is 45.7 Å². The lowest BCUT2D eigenvalue weighted by Crippen LogP contribution is -2.16. The molecular weight excluding hydrogens is 206 g/mol. The molecule has 0 spiro atoms. The van der Waals surface area contributed by atoms with Gasteiger partial charge in [-0.15, -0.1) is 0 Å². The second-order valence-corrected chi connectivity index (χ2v) is 5.15. The van der Waals surface area contributed by atoms with Crippen LogP contribution in [0.25, 0.3) is 0 Å². The van der Waals surface area contributed by atoms with Crippen LogP contribution in [0, 0.1) is 5.92 Å². The summed E-state index contributed by atoms with van der Waals surface area (Å²) < 4.78 is 0. The summed E-state index contributed by atoms with van der Waals surface area (Å²) in [6.07, 6.45) is 7.26. The van der Waals surface area contributed by atoms with Gasteiger partial charge < -0.3 is 5.32 Å². The third-order valence-electron chi connectivity index (χ3n) is 2.00. The maximum absolute atomic E-state index is 3.52. The fourth-order valence-electron chi connectivity index (χ4n) is 1.00. The van der Waals surface area contributed by atoms with Gasteiger partial charge in [0.15, 0.2) is 0 Å². The van der Waals surface area contributed by atoms with Crippen molar-refractivity contribution < 1.29 is 0 Å². The smallest absolute Gasteiger partial charge is 0.0137 e. The van der Waals surface area contributed by atoms with E-state index in [1.807, 2.05) is 19.9 Å². The minimum atomic E-state index is 0.814. The lowest BCUT2D eigenvalue weighted by molar-refractivity contribution is 0.552. The maximum atomic E-state index is 3.52. The highest BCUT2D eigenvalue weighted by Gasteiger charge is 1.90. The highest BCUT2D eigenvalue weighted by atomic mass is 14.8. The summed E-state index contributed by atoms with van der Waals surface area (Å²) in [6, 6.07) is 0. The maximum Gasteiger partial charge on any atom is 0.0137 e. The molecule has 0 rings (SSSR count). The van der Waals surface area contributed by atoms with Crippen LogP contribution in [0.15, 0.2) is 36.0 Å². The molecule has 17 heavy (non-hydrogen) atoms. The van der Waals surface area contributed by atoms with E-state index in [1.165, 1.54) is 17.6 Å². The van der Waals surface area contributed by atoms with Crippen LogP contribution in [0.3, 0.4) is 0 Å². The number of allylic oxidation sites excluding steroid dienone is 4. The molecule has 0 unspecified atom stereocenters. The molecule has 0 radical (unpaired) electrons. The van der Waals surface area contributed by atoms with Crippen molar-refractivity contribution in [2.75, 3.05) is 13.1 Å². The Bertz CT molecular complexity index is 226. The van der Waals surface area contributed by atoms with Gasteiger partial charge in [0.2, 0.25) is 0 Å². The zero-order valence-corrected chi connectivity index (χ0v) is 12.6. The number of hydrogen-bond donors (Lipinski definition) is 1. The first-order valence-corrected chi connectivity index (χ1v) is 6.50. The Balaban J connectivity index is 0. The number of hydrogen-bond acceptors (Lipinski definition) is 1. The van der Waals surface area contributed by atoms with Crippen molar-refractivity contribution in [2.45, 2.75) is 48.0 Å². The van der Waals surface area contributed by atoms with E-state index in [4.69, 9.17) is 0 Å². The predicted octanol–water partition coefficient (Wildman–Crippen LogP) is 4.73. The van der Waals surface area contributed by atoms with Gasteiger partial charge in [-0.1, -0.05) is 49.8 Å². The lowest BCUT2D eigenvalue weighted by Gasteiger charge is -2.04. The Morgan fingerprint density at radius 1 is 1.12 bits per heavy atom. The zero-order valence-electron chi connectivity index (χ0n) is 12.6. The van der Waals surface area contributed by atoms with Crippen molar-refractivity contribution >= 4 is 0 Å². The molecule has 0 aliphatic carbocycles. The molecule has 1 nitrogen and oxygen atoms in total. The van der Waals surface area contributed by atoms with Crippen LogP contribution in [0.1, 0.15) is 48.0 Å². The average Bonchev–Trinajstić information content (AvgIpc) is 2.16. The first-order valence-electron chi connectivity index (χ1n) is 6.50. The van der Waals surface area contributed by atoms with Crippen LogP contribution in [-0.4, -0.2) is 13.1 Å². The SMILES string of the molecule is C=CC=C(C)C.CC(C)=CCNCCC(C)C. The van der Waals surface area contributed by atoms with Crippen LogP contribution in [0.4, 0.5) is 0 Å². The van der Waals surface area contributed by atoms with E-state index in [0.29, 0.717) is 0 Å². The van der Waals surface area contributed by atoms with Gasteiger partial charge in [0.25, 0.3) is 0 Å². The van der Waals surface area contributed by atoms with Crippen LogP contribution >= 0.6 is 0 Å². The minimum absolute atomic E-state index is 0.814. The van der Waals surface area contributed by atoms with Crippen molar-refractivity contribution in [2.24, 2.45) is 5.92 Å². The Morgan fingerprint density at radius 2 is 1.71 bits per heavy atom. The molecule has 0 fully saturated rings. The van der Waals surface area contributed by atoms with Crippen molar-refractivity contribution in [1.29, 1.82) is 0 Å². The summed E-state index contributed by atoms with van der Waals surface area (Å²) in [5.41, 5.74) is 2.69. The summed E-state index contributed by atoms with van der Waals surface area (Å²) in [6.45, 7) is 18.5. The molecule has 0 amide bonds. The van der Waals surface area contributed by atoms with E-state index in [-0.39, 0.29) is 0 Å². The topological polar surface area (TPSA) is 12.0 Å². The first kappa shape index (κ1) is 18.5. The fourth-order valence-corrected chi connectivity index (χ4v) is 1.00. The summed E-state index contributed by atoms with van der Waals surface area (Å²) >= 11 is 0. The normalized spacial score (nSPS) is 9.12.